The number of likely N-dealkylation sites (N-methyl/N-ethyl adjacent to an activating group) is 1. The van der Waals surface area contributed by atoms with Gasteiger partial charge in [0.05, 0.1) is 4.90 Å². The van der Waals surface area contributed by atoms with E-state index in [1.165, 1.54) is 4.90 Å². The van der Waals surface area contributed by atoms with Crippen molar-refractivity contribution >= 4 is 15.9 Å². The number of carbonyl (C=O) groups excluding carboxylic acids is 1. The Morgan fingerprint density at radius 3 is 2.36 bits per heavy atom. The van der Waals surface area contributed by atoms with Crippen LogP contribution in [0, 0.1) is 0 Å². The topological polar surface area (TPSA) is 102 Å². The van der Waals surface area contributed by atoms with Crippen LogP contribution in [0.3, 0.4) is 0 Å². The largest absolute Gasteiger partial charge is 0.573 e. The van der Waals surface area contributed by atoms with E-state index in [-0.39, 0.29) is 36.4 Å². The number of carbonyl (C=O) groups is 1. The highest BCUT2D eigenvalue weighted by Gasteiger charge is 2.31. The lowest BCUT2D eigenvalue weighted by Gasteiger charge is -2.23. The predicted octanol–water partition coefficient (Wildman–Crippen LogP) is 1.06. The van der Waals surface area contributed by atoms with E-state index in [1.54, 1.807) is 14.0 Å². The number of hydrogen-bond donors (Lipinski definition) is 2. The number of nitrogens with one attached hydrogen (secondary N) is 1. The van der Waals surface area contributed by atoms with Gasteiger partial charge in [-0.25, -0.2) is 13.1 Å². The van der Waals surface area contributed by atoms with Crippen molar-refractivity contribution in [2.45, 2.75) is 30.6 Å². The molecular weight excluding hydrogens is 363 g/mol. The minimum absolute atomic E-state index is 0.0741. The van der Waals surface area contributed by atoms with E-state index in [0.29, 0.717) is 0 Å². The zero-order chi connectivity index (χ0) is 19.3. The van der Waals surface area contributed by atoms with Gasteiger partial charge >= 0.3 is 6.36 Å². The Morgan fingerprint density at radius 2 is 1.88 bits per heavy atom. The number of nitrogens with zero attached hydrogens (tertiary/aromatic N) is 1. The molecule has 142 valence electrons. The summed E-state index contributed by atoms with van der Waals surface area (Å²) in [5, 5.41) is 0. The number of alkyl halides is 3. The Balaban J connectivity index is 2.62. The summed E-state index contributed by atoms with van der Waals surface area (Å²) in [4.78, 5) is 13.0. The Bertz CT molecular complexity index is 678. The number of ether oxygens (including phenoxy) is 1. The Morgan fingerprint density at radius 1 is 1.32 bits per heavy atom. The number of benzene rings is 1. The van der Waals surface area contributed by atoms with Crippen LogP contribution in [0.2, 0.25) is 0 Å². The lowest BCUT2D eigenvalue weighted by molar-refractivity contribution is -0.274. The first-order valence-electron chi connectivity index (χ1n) is 7.27. The number of rotatable bonds is 8. The monoisotopic (exact) mass is 383 g/mol. The summed E-state index contributed by atoms with van der Waals surface area (Å²) in [6, 6.07) is 3.57. The van der Waals surface area contributed by atoms with Crippen LogP contribution in [-0.4, -0.2) is 51.8 Å². The van der Waals surface area contributed by atoms with Gasteiger partial charge in [0, 0.05) is 32.6 Å². The summed E-state index contributed by atoms with van der Waals surface area (Å²) in [6.45, 7) is 1.89. The number of hydrogen-bond acceptors (Lipinski definition) is 5. The molecule has 7 nitrogen and oxygen atoms in total. The molecule has 0 saturated carbocycles. The second-order valence-electron chi connectivity index (χ2n) is 5.26. The van der Waals surface area contributed by atoms with Gasteiger partial charge in [-0.3, -0.25) is 4.79 Å². The normalized spacial score (nSPS) is 13.4. The third kappa shape index (κ3) is 6.88. The highest BCUT2D eigenvalue weighted by atomic mass is 32.2. The van der Waals surface area contributed by atoms with E-state index in [9.17, 15) is 26.4 Å². The SMILES string of the molecule is CC(CN)N(C)C(=O)CCNS(=O)(=O)c1ccc(OC(F)(F)F)cc1. The fourth-order valence-corrected chi connectivity index (χ4v) is 2.81. The standard InChI is InChI=1S/C14H20F3N3O4S/c1-10(9-18)20(2)13(21)7-8-19-25(22,23)12-5-3-11(4-6-12)24-14(15,16)17/h3-6,10,19H,7-9,18H2,1-2H3. The zero-order valence-corrected chi connectivity index (χ0v) is 14.5. The second kappa shape index (κ2) is 8.50. The third-order valence-corrected chi connectivity index (χ3v) is 4.87. The van der Waals surface area contributed by atoms with Gasteiger partial charge in [-0.2, -0.15) is 0 Å². The maximum atomic E-state index is 12.1. The quantitative estimate of drug-likeness (QED) is 0.699. The van der Waals surface area contributed by atoms with Crippen LogP contribution in [0.5, 0.6) is 5.75 Å². The molecule has 25 heavy (non-hydrogen) atoms. The minimum atomic E-state index is -4.86. The van der Waals surface area contributed by atoms with E-state index < -0.39 is 22.1 Å². The van der Waals surface area contributed by atoms with E-state index in [2.05, 4.69) is 9.46 Å². The van der Waals surface area contributed by atoms with Crippen LogP contribution in [-0.2, 0) is 14.8 Å². The number of sulfonamides is 1. The van der Waals surface area contributed by atoms with Crippen molar-refractivity contribution in [2.75, 3.05) is 20.1 Å². The van der Waals surface area contributed by atoms with Crippen LogP contribution in [0.4, 0.5) is 13.2 Å². The third-order valence-electron chi connectivity index (χ3n) is 3.39. The highest BCUT2D eigenvalue weighted by Crippen LogP contribution is 2.23. The average molecular weight is 383 g/mol. The Labute approximate surface area is 144 Å². The number of nitrogens with two attached hydrogens (primary N) is 1. The molecule has 0 aliphatic carbocycles. The lowest BCUT2D eigenvalue weighted by Crippen LogP contribution is -2.41. The summed E-state index contributed by atoms with van der Waals surface area (Å²) < 4.78 is 66.2. The lowest BCUT2D eigenvalue weighted by atomic mass is 10.2. The molecule has 0 aliphatic rings. The molecule has 0 aliphatic heterocycles. The van der Waals surface area contributed by atoms with Crippen LogP contribution in [0.15, 0.2) is 29.2 Å². The molecule has 0 bridgehead atoms. The van der Waals surface area contributed by atoms with Crippen LogP contribution >= 0.6 is 0 Å². The molecule has 1 atom stereocenters. The molecule has 1 rings (SSSR count). The molecule has 0 radical (unpaired) electrons. The van der Waals surface area contributed by atoms with Gasteiger partial charge < -0.3 is 15.4 Å². The van der Waals surface area contributed by atoms with Crippen LogP contribution in [0.1, 0.15) is 13.3 Å². The van der Waals surface area contributed by atoms with Crippen molar-refractivity contribution < 1.29 is 31.1 Å². The summed E-state index contributed by atoms with van der Waals surface area (Å²) in [6.07, 6.45) is -4.93. The fourth-order valence-electron chi connectivity index (χ4n) is 1.78. The first-order chi connectivity index (χ1) is 11.5. The molecule has 3 N–H and O–H groups in total. The van der Waals surface area contributed by atoms with Crippen molar-refractivity contribution in [1.29, 1.82) is 0 Å². The van der Waals surface area contributed by atoms with E-state index in [4.69, 9.17) is 5.73 Å². The summed E-state index contributed by atoms with van der Waals surface area (Å²) >= 11 is 0. The number of amides is 1. The Kier molecular flexibility index (Phi) is 7.20. The molecule has 0 heterocycles. The molecule has 0 saturated heterocycles. The minimum Gasteiger partial charge on any atom is -0.406 e. The first kappa shape index (κ1) is 21.2. The molecule has 1 aromatic carbocycles. The van der Waals surface area contributed by atoms with Crippen molar-refractivity contribution in [2.24, 2.45) is 5.73 Å². The van der Waals surface area contributed by atoms with Crippen molar-refractivity contribution in [3.05, 3.63) is 24.3 Å². The first-order valence-corrected chi connectivity index (χ1v) is 8.76. The molecule has 0 spiro atoms. The molecule has 1 amide bonds. The zero-order valence-electron chi connectivity index (χ0n) is 13.7. The Hall–Kier alpha value is -1.85. The molecule has 1 unspecified atom stereocenters. The maximum absolute atomic E-state index is 12.1. The molecule has 1 aromatic rings. The van der Waals surface area contributed by atoms with Crippen molar-refractivity contribution in [3.63, 3.8) is 0 Å². The molecule has 0 aromatic heterocycles. The molecular formula is C14H20F3N3O4S. The van der Waals surface area contributed by atoms with Gasteiger partial charge in [-0.1, -0.05) is 0 Å². The van der Waals surface area contributed by atoms with Gasteiger partial charge in [0.25, 0.3) is 0 Å². The van der Waals surface area contributed by atoms with E-state index >= 15 is 0 Å². The summed E-state index contributed by atoms with van der Waals surface area (Å²) in [7, 11) is -2.39. The summed E-state index contributed by atoms with van der Waals surface area (Å²) in [5.74, 6) is -0.811. The maximum Gasteiger partial charge on any atom is 0.573 e. The van der Waals surface area contributed by atoms with Gasteiger partial charge in [-0.05, 0) is 31.2 Å². The smallest absolute Gasteiger partial charge is 0.406 e. The predicted molar refractivity (Wildman–Crippen MR) is 84.2 cm³/mol. The average Bonchev–Trinajstić information content (AvgIpc) is 2.52. The number of halogens is 3. The van der Waals surface area contributed by atoms with Gasteiger partial charge in [0.1, 0.15) is 5.75 Å². The highest BCUT2D eigenvalue weighted by molar-refractivity contribution is 7.89. The fraction of sp³-hybridized carbons (Fsp3) is 0.500. The van der Waals surface area contributed by atoms with Crippen LogP contribution in [0.25, 0.3) is 0 Å². The van der Waals surface area contributed by atoms with Gasteiger partial charge in [0.2, 0.25) is 15.9 Å². The van der Waals surface area contributed by atoms with Crippen LogP contribution < -0.4 is 15.2 Å². The second-order valence-corrected chi connectivity index (χ2v) is 7.02. The molecule has 11 heteroatoms. The van der Waals surface area contributed by atoms with Crippen molar-refractivity contribution in [1.82, 2.24) is 9.62 Å². The van der Waals surface area contributed by atoms with E-state index in [0.717, 1.165) is 24.3 Å². The van der Waals surface area contributed by atoms with Crippen molar-refractivity contribution in [3.8, 4) is 5.75 Å². The van der Waals surface area contributed by atoms with E-state index in [1.807, 2.05) is 0 Å². The molecule has 0 fully saturated rings. The van der Waals surface area contributed by atoms with Gasteiger partial charge in [-0.15, -0.1) is 13.2 Å². The summed E-state index contributed by atoms with van der Waals surface area (Å²) in [5.41, 5.74) is 5.45. The van der Waals surface area contributed by atoms with Gasteiger partial charge in [0.15, 0.2) is 0 Å².